The Labute approximate surface area is 196 Å². The number of ether oxygens (including phenoxy) is 1. The molecule has 4 rings (SSSR count). The van der Waals surface area contributed by atoms with Crippen molar-refractivity contribution in [3.63, 3.8) is 0 Å². The second-order valence-electron chi connectivity index (χ2n) is 10.7. The predicted molar refractivity (Wildman–Crippen MR) is 126 cm³/mol. The van der Waals surface area contributed by atoms with Gasteiger partial charge in [-0.05, 0) is 62.6 Å². The van der Waals surface area contributed by atoms with Crippen LogP contribution in [0.5, 0.6) is 0 Å². The minimum absolute atomic E-state index is 0.0690. The fraction of sp³-hybridized carbons (Fsp3) is 0.654. The van der Waals surface area contributed by atoms with Crippen LogP contribution in [0.25, 0.3) is 0 Å². The first-order valence-electron chi connectivity index (χ1n) is 12.0. The van der Waals surface area contributed by atoms with Crippen molar-refractivity contribution in [1.82, 2.24) is 15.5 Å². The molecule has 5 nitrogen and oxygen atoms in total. The summed E-state index contributed by atoms with van der Waals surface area (Å²) < 4.78 is 33.7. The summed E-state index contributed by atoms with van der Waals surface area (Å²) in [4.78, 5) is 15.7. The second-order valence-corrected chi connectivity index (χ2v) is 10.7. The normalized spacial score (nSPS) is 30.8. The molecule has 3 fully saturated rings. The summed E-state index contributed by atoms with van der Waals surface area (Å²) in [7, 11) is 1.42. The highest BCUT2D eigenvalue weighted by atomic mass is 19.3. The Bertz CT molecular complexity index is 934. The lowest BCUT2D eigenvalue weighted by Gasteiger charge is -2.31. The molecule has 2 N–H and O–H groups in total. The van der Waals surface area contributed by atoms with Crippen LogP contribution < -0.4 is 10.6 Å². The van der Waals surface area contributed by atoms with Crippen molar-refractivity contribution >= 4 is 5.91 Å². The summed E-state index contributed by atoms with van der Waals surface area (Å²) in [5, 5.41) is 6.86. The van der Waals surface area contributed by atoms with Gasteiger partial charge in [-0.2, -0.15) is 0 Å². The quantitative estimate of drug-likeness (QED) is 0.574. The maximum absolute atomic E-state index is 14.2. The van der Waals surface area contributed by atoms with Crippen LogP contribution >= 0.6 is 0 Å². The lowest BCUT2D eigenvalue weighted by molar-refractivity contribution is -0.117. The third kappa shape index (κ3) is 4.75. The summed E-state index contributed by atoms with van der Waals surface area (Å²) in [6.07, 6.45) is 9.67. The van der Waals surface area contributed by atoms with Gasteiger partial charge in [0, 0.05) is 31.6 Å². The van der Waals surface area contributed by atoms with Crippen molar-refractivity contribution in [2.24, 2.45) is 5.41 Å². The molecule has 7 heteroatoms. The number of amides is 1. The lowest BCUT2D eigenvalue weighted by atomic mass is 9.92. The first-order chi connectivity index (χ1) is 15.5. The van der Waals surface area contributed by atoms with Crippen molar-refractivity contribution in [3.8, 4) is 0 Å². The molecule has 2 saturated heterocycles. The van der Waals surface area contributed by atoms with Crippen molar-refractivity contribution in [2.45, 2.75) is 77.3 Å². The standard InChI is InChI=1S/C26H37F2N3O2/c1-6-18(23(32)30-21-15-24(21,2)3)22(31-13-11-26(16-31)10-7-12-29-26)17-8-9-19(25(4,27)28)20(14-17)33-5/h6,9,14,21,29H,7-8,10-13,15-16H2,1-5H3,(H,30,32)/b18-6+,22-17-. The topological polar surface area (TPSA) is 53.6 Å². The highest BCUT2D eigenvalue weighted by Gasteiger charge is 2.47. The smallest absolute Gasteiger partial charge is 0.273 e. The van der Waals surface area contributed by atoms with E-state index >= 15 is 0 Å². The van der Waals surface area contributed by atoms with Crippen LogP contribution in [-0.2, 0) is 9.53 Å². The average Bonchev–Trinajstić information content (AvgIpc) is 3.13. The first kappa shape index (κ1) is 24.0. The largest absolute Gasteiger partial charge is 0.496 e. The van der Waals surface area contributed by atoms with E-state index in [0.29, 0.717) is 12.0 Å². The van der Waals surface area contributed by atoms with Crippen LogP contribution in [0.1, 0.15) is 59.8 Å². The number of nitrogens with one attached hydrogen (secondary N) is 2. The molecule has 4 aliphatic rings. The van der Waals surface area contributed by atoms with Gasteiger partial charge in [0.1, 0.15) is 5.76 Å². The van der Waals surface area contributed by atoms with Gasteiger partial charge in [0.2, 0.25) is 0 Å². The maximum atomic E-state index is 14.2. The van der Waals surface area contributed by atoms with E-state index < -0.39 is 5.92 Å². The Morgan fingerprint density at radius 2 is 2.09 bits per heavy atom. The number of carbonyl (C=O) groups excluding carboxylic acids is 1. The molecular formula is C26H37F2N3O2. The van der Waals surface area contributed by atoms with E-state index in [1.807, 2.05) is 13.0 Å². The van der Waals surface area contributed by atoms with Crippen molar-refractivity contribution in [2.75, 3.05) is 26.7 Å². The van der Waals surface area contributed by atoms with Crippen LogP contribution in [0.4, 0.5) is 8.78 Å². The Balaban J connectivity index is 1.71. The molecule has 2 unspecified atom stereocenters. The van der Waals surface area contributed by atoms with E-state index in [2.05, 4.69) is 29.4 Å². The van der Waals surface area contributed by atoms with E-state index in [4.69, 9.17) is 4.74 Å². The molecule has 2 aliphatic heterocycles. The molecule has 1 spiro atoms. The van der Waals surface area contributed by atoms with Gasteiger partial charge in [0.05, 0.1) is 24.0 Å². The summed E-state index contributed by atoms with van der Waals surface area (Å²) in [6, 6.07) is 0.161. The van der Waals surface area contributed by atoms with Crippen LogP contribution in [0.15, 0.2) is 46.4 Å². The lowest BCUT2D eigenvalue weighted by Crippen LogP contribution is -2.43. The number of halogens is 2. The summed E-state index contributed by atoms with van der Waals surface area (Å²) in [5.74, 6) is -2.93. The fourth-order valence-electron chi connectivity index (χ4n) is 5.49. The van der Waals surface area contributed by atoms with Gasteiger partial charge in [-0.3, -0.25) is 4.79 Å². The molecule has 0 aromatic carbocycles. The Morgan fingerprint density at radius 1 is 1.36 bits per heavy atom. The van der Waals surface area contributed by atoms with Gasteiger partial charge in [-0.15, -0.1) is 0 Å². The maximum Gasteiger partial charge on any atom is 0.273 e. The van der Waals surface area contributed by atoms with Crippen LogP contribution in [-0.4, -0.2) is 55.1 Å². The van der Waals surface area contributed by atoms with Gasteiger partial charge in [0.15, 0.2) is 0 Å². The molecule has 33 heavy (non-hydrogen) atoms. The zero-order valence-electron chi connectivity index (χ0n) is 20.5. The average molecular weight is 462 g/mol. The monoisotopic (exact) mass is 461 g/mol. The summed E-state index contributed by atoms with van der Waals surface area (Å²) in [6.45, 7) is 9.70. The second kappa shape index (κ2) is 8.57. The fourth-order valence-corrected chi connectivity index (χ4v) is 5.49. The molecule has 2 atom stereocenters. The number of likely N-dealkylation sites (tertiary alicyclic amines) is 1. The third-order valence-electron chi connectivity index (χ3n) is 7.70. The number of hydrogen-bond donors (Lipinski definition) is 2. The highest BCUT2D eigenvalue weighted by molar-refractivity contribution is 5.98. The Kier molecular flexibility index (Phi) is 6.23. The number of alkyl halides is 2. The first-order valence-corrected chi connectivity index (χ1v) is 12.0. The van der Waals surface area contributed by atoms with Gasteiger partial charge in [-0.1, -0.05) is 26.0 Å². The van der Waals surface area contributed by atoms with Crippen molar-refractivity contribution in [3.05, 3.63) is 46.4 Å². The van der Waals surface area contributed by atoms with E-state index in [-0.39, 0.29) is 34.2 Å². The van der Waals surface area contributed by atoms with Crippen LogP contribution in [0, 0.1) is 5.41 Å². The third-order valence-corrected chi connectivity index (χ3v) is 7.70. The summed E-state index contributed by atoms with van der Waals surface area (Å²) >= 11 is 0. The van der Waals surface area contributed by atoms with E-state index in [0.717, 1.165) is 63.5 Å². The molecule has 1 saturated carbocycles. The number of nitrogens with zero attached hydrogens (tertiary/aromatic N) is 1. The minimum atomic E-state index is -2.99. The number of allylic oxidation sites excluding steroid dienone is 5. The number of hydrogen-bond acceptors (Lipinski definition) is 4. The summed E-state index contributed by atoms with van der Waals surface area (Å²) in [5.41, 5.74) is 2.37. The molecular weight excluding hydrogens is 424 g/mol. The molecule has 182 valence electrons. The van der Waals surface area contributed by atoms with E-state index in [1.165, 1.54) is 7.11 Å². The molecule has 0 bridgehead atoms. The predicted octanol–water partition coefficient (Wildman–Crippen LogP) is 4.45. The highest BCUT2D eigenvalue weighted by Crippen LogP contribution is 2.45. The molecule has 0 radical (unpaired) electrons. The number of carbonyl (C=O) groups is 1. The van der Waals surface area contributed by atoms with Gasteiger partial charge < -0.3 is 20.3 Å². The molecule has 1 amide bonds. The molecule has 0 aromatic rings. The minimum Gasteiger partial charge on any atom is -0.496 e. The Hall–Kier alpha value is -2.15. The van der Waals surface area contributed by atoms with Gasteiger partial charge in [-0.25, -0.2) is 8.78 Å². The molecule has 2 heterocycles. The van der Waals surface area contributed by atoms with Crippen molar-refractivity contribution in [1.29, 1.82) is 0 Å². The van der Waals surface area contributed by atoms with E-state index in [1.54, 1.807) is 12.2 Å². The SMILES string of the molecule is C/C=C(C(=O)NC1CC1(C)C)\C(=C1\C=C(OC)C(C(C)(F)F)=CC1)N1CCC2(CCCN2)C1. The van der Waals surface area contributed by atoms with Gasteiger partial charge >= 0.3 is 0 Å². The van der Waals surface area contributed by atoms with Crippen LogP contribution in [0.3, 0.4) is 0 Å². The molecule has 2 aliphatic carbocycles. The Morgan fingerprint density at radius 3 is 2.64 bits per heavy atom. The van der Waals surface area contributed by atoms with Gasteiger partial charge in [0.25, 0.3) is 11.8 Å². The number of methoxy groups -OCH3 is 1. The van der Waals surface area contributed by atoms with E-state index in [9.17, 15) is 13.6 Å². The zero-order valence-corrected chi connectivity index (χ0v) is 20.5. The van der Waals surface area contributed by atoms with Crippen LogP contribution in [0.2, 0.25) is 0 Å². The number of rotatable bonds is 6. The zero-order chi connectivity index (χ0) is 24.0. The molecule has 0 aromatic heterocycles. The van der Waals surface area contributed by atoms with Crippen molar-refractivity contribution < 1.29 is 18.3 Å².